The first-order valence-electron chi connectivity index (χ1n) is 7.78. The number of esters is 1. The zero-order valence-corrected chi connectivity index (χ0v) is 19.6. The number of anilines is 4. The number of hydrogen-bond acceptors (Lipinski definition) is 6. The van der Waals surface area contributed by atoms with Crippen molar-refractivity contribution in [2.45, 2.75) is 0 Å². The number of halogens is 2. The second-order valence-electron chi connectivity index (χ2n) is 5.40. The third-order valence-electron chi connectivity index (χ3n) is 3.66. The molecule has 2 aromatic heterocycles. The fraction of sp³-hybridized carbons (Fsp3) is 0.0625. The predicted molar refractivity (Wildman–Crippen MR) is 122 cm³/mol. The Hall–Kier alpha value is -1.51. The van der Waals surface area contributed by atoms with Crippen molar-refractivity contribution in [3.8, 4) is 0 Å². The van der Waals surface area contributed by atoms with Crippen LogP contribution in [0.4, 0.5) is 21.4 Å². The molecule has 0 saturated heterocycles. The van der Waals surface area contributed by atoms with Gasteiger partial charge in [-0.2, -0.15) is 0 Å². The SMILES string of the molecule is COC(=O)c1ccc(N(c2ccc(Cl)s2)S(=O)O)c(N(c2ccc(Cl)s2)S(=O)O)c1. The van der Waals surface area contributed by atoms with Crippen molar-refractivity contribution in [3.63, 3.8) is 0 Å². The second kappa shape index (κ2) is 9.75. The standard InChI is InChI=1S/C16H12Cl2N2O6S4/c1-26-16(21)9-2-3-10(19(29(22)23)14-6-4-12(17)27-14)11(8-9)20(30(24)25)15-7-5-13(18)28-15/h2-8H,1H3,(H,22,23)(H,24,25). The molecule has 2 N–H and O–H groups in total. The van der Waals surface area contributed by atoms with Gasteiger partial charge in [-0.15, -0.1) is 22.7 Å². The number of carbonyl (C=O) groups excluding carboxylic acids is 1. The molecule has 0 fully saturated rings. The number of rotatable bonds is 7. The van der Waals surface area contributed by atoms with E-state index in [-0.39, 0.29) is 21.9 Å². The van der Waals surface area contributed by atoms with E-state index in [0.29, 0.717) is 13.7 Å². The lowest BCUT2D eigenvalue weighted by molar-refractivity contribution is 0.0601. The van der Waals surface area contributed by atoms with Crippen LogP contribution in [0.5, 0.6) is 0 Å². The minimum atomic E-state index is -2.60. The van der Waals surface area contributed by atoms with Crippen LogP contribution in [0, 0.1) is 0 Å². The van der Waals surface area contributed by atoms with Crippen LogP contribution in [-0.4, -0.2) is 30.6 Å². The summed E-state index contributed by atoms with van der Waals surface area (Å²) in [6.45, 7) is 0. The van der Waals surface area contributed by atoms with Gasteiger partial charge in [-0.3, -0.25) is 9.11 Å². The quantitative estimate of drug-likeness (QED) is 0.313. The summed E-state index contributed by atoms with van der Waals surface area (Å²) in [5.41, 5.74) is 0.153. The molecule has 2 heterocycles. The molecule has 0 aliphatic rings. The van der Waals surface area contributed by atoms with Gasteiger partial charge in [0.15, 0.2) is 0 Å². The molecule has 0 saturated carbocycles. The molecule has 0 amide bonds. The Morgan fingerprint density at radius 3 is 1.80 bits per heavy atom. The first-order chi connectivity index (χ1) is 14.2. The maximum absolute atomic E-state index is 12.3. The van der Waals surface area contributed by atoms with Gasteiger partial charge in [-0.05, 0) is 42.5 Å². The fourth-order valence-corrected chi connectivity index (χ4v) is 6.07. The summed E-state index contributed by atoms with van der Waals surface area (Å²) in [6, 6.07) is 10.2. The van der Waals surface area contributed by atoms with Crippen molar-refractivity contribution in [2.75, 3.05) is 15.7 Å². The molecule has 8 nitrogen and oxygen atoms in total. The molecule has 0 radical (unpaired) electrons. The summed E-state index contributed by atoms with van der Waals surface area (Å²) in [6.07, 6.45) is 0. The zero-order valence-electron chi connectivity index (χ0n) is 14.9. The lowest BCUT2D eigenvalue weighted by Gasteiger charge is -2.26. The van der Waals surface area contributed by atoms with Crippen molar-refractivity contribution in [2.24, 2.45) is 0 Å². The predicted octanol–water partition coefficient (Wildman–Crippen LogP) is 5.45. The lowest BCUT2D eigenvalue weighted by Crippen LogP contribution is -2.25. The zero-order chi connectivity index (χ0) is 22.0. The Balaban J connectivity index is 2.28. The van der Waals surface area contributed by atoms with Crippen molar-refractivity contribution in [1.29, 1.82) is 0 Å². The molecule has 14 heteroatoms. The van der Waals surface area contributed by atoms with Gasteiger partial charge in [0.05, 0.1) is 32.7 Å². The molecule has 0 aliphatic carbocycles. The highest BCUT2D eigenvalue weighted by atomic mass is 35.5. The van der Waals surface area contributed by atoms with E-state index in [2.05, 4.69) is 0 Å². The van der Waals surface area contributed by atoms with E-state index in [9.17, 15) is 22.3 Å². The van der Waals surface area contributed by atoms with Gasteiger partial charge in [-0.1, -0.05) is 23.2 Å². The number of thiophene rings is 2. The van der Waals surface area contributed by atoms with Gasteiger partial charge in [-0.25, -0.2) is 21.8 Å². The first kappa shape index (κ1) is 23.2. The second-order valence-corrected chi connectivity index (χ2v) is 10.4. The highest BCUT2D eigenvalue weighted by Crippen LogP contribution is 2.44. The monoisotopic (exact) mass is 526 g/mol. The van der Waals surface area contributed by atoms with Gasteiger partial charge in [0, 0.05) is 0 Å². The van der Waals surface area contributed by atoms with E-state index in [4.69, 9.17) is 27.9 Å². The van der Waals surface area contributed by atoms with Crippen LogP contribution in [0.3, 0.4) is 0 Å². The van der Waals surface area contributed by atoms with Crippen molar-refractivity contribution in [1.82, 2.24) is 0 Å². The average molecular weight is 527 g/mol. The Labute approximate surface area is 194 Å². The third-order valence-corrected chi connectivity index (χ3v) is 7.74. The summed E-state index contributed by atoms with van der Waals surface area (Å²) in [5, 5.41) is 0.581. The summed E-state index contributed by atoms with van der Waals surface area (Å²) < 4.78 is 51.9. The maximum Gasteiger partial charge on any atom is 0.337 e. The number of methoxy groups -OCH3 is 1. The molecule has 0 aliphatic heterocycles. The highest BCUT2D eigenvalue weighted by molar-refractivity contribution is 7.82. The number of nitrogens with zero attached hydrogens (tertiary/aromatic N) is 2. The largest absolute Gasteiger partial charge is 0.465 e. The van der Waals surface area contributed by atoms with Crippen molar-refractivity contribution >= 4 is 95.8 Å². The van der Waals surface area contributed by atoms with E-state index < -0.39 is 28.5 Å². The van der Waals surface area contributed by atoms with Crippen LogP contribution >= 0.6 is 45.9 Å². The van der Waals surface area contributed by atoms with Gasteiger partial charge in [0.1, 0.15) is 10.0 Å². The number of benzene rings is 1. The summed E-state index contributed by atoms with van der Waals surface area (Å²) in [7, 11) is 1.19. The van der Waals surface area contributed by atoms with E-state index >= 15 is 0 Å². The van der Waals surface area contributed by atoms with E-state index in [1.54, 1.807) is 6.07 Å². The molecular weight excluding hydrogens is 515 g/mol. The Kier molecular flexibility index (Phi) is 7.52. The van der Waals surface area contributed by atoms with Crippen LogP contribution in [0.25, 0.3) is 0 Å². The molecule has 2 atom stereocenters. The summed E-state index contributed by atoms with van der Waals surface area (Å²) >= 11 is 8.83. The average Bonchev–Trinajstić information content (AvgIpc) is 3.30. The van der Waals surface area contributed by atoms with Gasteiger partial charge < -0.3 is 4.74 Å². The van der Waals surface area contributed by atoms with E-state index in [0.717, 1.165) is 31.3 Å². The van der Waals surface area contributed by atoms with E-state index in [1.165, 1.54) is 43.5 Å². The van der Waals surface area contributed by atoms with Crippen LogP contribution in [-0.2, 0) is 27.3 Å². The van der Waals surface area contributed by atoms with Crippen LogP contribution in [0.2, 0.25) is 8.67 Å². The lowest BCUT2D eigenvalue weighted by atomic mass is 10.1. The summed E-state index contributed by atoms with van der Waals surface area (Å²) in [5.74, 6) is -0.688. The Morgan fingerprint density at radius 2 is 1.40 bits per heavy atom. The van der Waals surface area contributed by atoms with Crippen LogP contribution in [0.1, 0.15) is 10.4 Å². The minimum Gasteiger partial charge on any atom is -0.465 e. The molecule has 160 valence electrons. The van der Waals surface area contributed by atoms with Gasteiger partial charge in [0.2, 0.25) is 0 Å². The summed E-state index contributed by atoms with van der Waals surface area (Å²) in [4.78, 5) is 12.1. The Morgan fingerprint density at radius 1 is 0.900 bits per heavy atom. The fourth-order valence-electron chi connectivity index (χ4n) is 2.49. The van der Waals surface area contributed by atoms with Crippen LogP contribution in [0.15, 0.2) is 42.5 Å². The van der Waals surface area contributed by atoms with Crippen molar-refractivity contribution in [3.05, 3.63) is 56.7 Å². The minimum absolute atomic E-state index is 0.00386. The molecule has 0 spiro atoms. The smallest absolute Gasteiger partial charge is 0.337 e. The maximum atomic E-state index is 12.3. The van der Waals surface area contributed by atoms with Crippen LogP contribution < -0.4 is 8.61 Å². The molecule has 2 unspecified atom stereocenters. The number of hydrogen-bond donors (Lipinski definition) is 2. The van der Waals surface area contributed by atoms with E-state index in [1.807, 2.05) is 0 Å². The molecule has 3 aromatic rings. The number of carbonyl (C=O) groups is 1. The topological polar surface area (TPSA) is 107 Å². The third kappa shape index (κ3) is 4.86. The molecule has 30 heavy (non-hydrogen) atoms. The molecular formula is C16H12Cl2N2O6S4. The Bertz CT molecular complexity index is 1130. The van der Waals surface area contributed by atoms with Gasteiger partial charge >= 0.3 is 5.97 Å². The highest BCUT2D eigenvalue weighted by Gasteiger charge is 2.28. The van der Waals surface area contributed by atoms with Crippen molar-refractivity contribution < 1.29 is 27.1 Å². The van der Waals surface area contributed by atoms with Gasteiger partial charge in [0.25, 0.3) is 22.5 Å². The molecule has 0 bridgehead atoms. The first-order valence-corrected chi connectivity index (χ1v) is 12.3. The molecule has 3 rings (SSSR count). The molecule has 1 aromatic carbocycles. The number of ether oxygens (including phenoxy) is 1. The normalized spacial score (nSPS) is 13.0.